The normalized spacial score (nSPS) is 11.6. The van der Waals surface area contributed by atoms with Gasteiger partial charge in [-0.3, -0.25) is 4.68 Å². The smallest absolute Gasteiger partial charge is 0.191 e. The Balaban J connectivity index is 1.93. The second-order valence-electron chi connectivity index (χ2n) is 5.81. The van der Waals surface area contributed by atoms with E-state index in [0.717, 1.165) is 29.5 Å². The van der Waals surface area contributed by atoms with Crippen molar-refractivity contribution in [2.45, 2.75) is 40.0 Å². The Bertz CT molecular complexity index is 646. The molecule has 0 amide bonds. The number of ether oxygens (including phenoxy) is 1. The van der Waals surface area contributed by atoms with Crippen molar-refractivity contribution >= 4 is 5.96 Å². The number of nitrogens with one attached hydrogen (secondary N) is 2. The molecule has 2 aromatic rings. The van der Waals surface area contributed by atoms with Crippen molar-refractivity contribution in [1.29, 1.82) is 0 Å². The maximum atomic E-state index is 5.66. The molecule has 1 aromatic carbocycles. The highest BCUT2D eigenvalue weighted by Crippen LogP contribution is 2.14. The molecule has 2 rings (SSSR count). The molecule has 0 aliphatic heterocycles. The largest absolute Gasteiger partial charge is 0.491 e. The van der Waals surface area contributed by atoms with Crippen LogP contribution in [0.5, 0.6) is 5.75 Å². The van der Waals surface area contributed by atoms with Gasteiger partial charge in [-0.1, -0.05) is 12.1 Å². The maximum absolute atomic E-state index is 5.66. The summed E-state index contributed by atoms with van der Waals surface area (Å²) < 4.78 is 7.51. The minimum Gasteiger partial charge on any atom is -0.491 e. The molecule has 0 atom stereocenters. The molecule has 1 aromatic heterocycles. The Morgan fingerprint density at radius 2 is 1.96 bits per heavy atom. The Hall–Kier alpha value is -2.50. The first-order chi connectivity index (χ1) is 11.6. The maximum Gasteiger partial charge on any atom is 0.191 e. The molecule has 0 radical (unpaired) electrons. The summed E-state index contributed by atoms with van der Waals surface area (Å²) in [5.74, 6) is 1.68. The van der Waals surface area contributed by atoms with E-state index in [1.165, 1.54) is 0 Å². The summed E-state index contributed by atoms with van der Waals surface area (Å²) in [5, 5.41) is 10.7. The highest BCUT2D eigenvalue weighted by molar-refractivity contribution is 5.79. The van der Waals surface area contributed by atoms with Crippen LogP contribution in [0.4, 0.5) is 0 Å². The quantitative estimate of drug-likeness (QED) is 0.605. The van der Waals surface area contributed by atoms with Gasteiger partial charge in [-0.2, -0.15) is 5.10 Å². The van der Waals surface area contributed by atoms with E-state index < -0.39 is 0 Å². The van der Waals surface area contributed by atoms with Crippen LogP contribution >= 0.6 is 0 Å². The summed E-state index contributed by atoms with van der Waals surface area (Å²) in [7, 11) is 1.93. The average molecular weight is 329 g/mol. The number of aryl methyl sites for hydroxylation is 1. The van der Waals surface area contributed by atoms with Gasteiger partial charge < -0.3 is 15.4 Å². The SMILES string of the molecule is CCNC(=NCc1ccc(OC(C)C)cc1)NCc1ccnn1C. The minimum absolute atomic E-state index is 0.186. The van der Waals surface area contributed by atoms with E-state index in [-0.39, 0.29) is 6.10 Å². The van der Waals surface area contributed by atoms with Gasteiger partial charge in [0.25, 0.3) is 0 Å². The molecule has 2 N–H and O–H groups in total. The van der Waals surface area contributed by atoms with Gasteiger partial charge in [0.2, 0.25) is 0 Å². The summed E-state index contributed by atoms with van der Waals surface area (Å²) in [6.07, 6.45) is 1.98. The lowest BCUT2D eigenvalue weighted by atomic mass is 10.2. The number of aliphatic imine (C=N–C) groups is 1. The first-order valence-corrected chi connectivity index (χ1v) is 8.33. The number of hydrogen-bond donors (Lipinski definition) is 2. The molecular weight excluding hydrogens is 302 g/mol. The summed E-state index contributed by atoms with van der Waals surface area (Å²) in [6, 6.07) is 10.1. The van der Waals surface area contributed by atoms with Crippen LogP contribution in [0.1, 0.15) is 32.0 Å². The average Bonchev–Trinajstić information content (AvgIpc) is 2.96. The van der Waals surface area contributed by atoms with Crippen LogP contribution in [-0.4, -0.2) is 28.4 Å². The van der Waals surface area contributed by atoms with Crippen molar-refractivity contribution in [2.75, 3.05) is 6.54 Å². The third-order valence-electron chi connectivity index (χ3n) is 3.42. The van der Waals surface area contributed by atoms with E-state index in [0.29, 0.717) is 13.1 Å². The van der Waals surface area contributed by atoms with Gasteiger partial charge in [0.1, 0.15) is 5.75 Å². The predicted molar refractivity (Wildman–Crippen MR) is 97.1 cm³/mol. The summed E-state index contributed by atoms with van der Waals surface area (Å²) in [6.45, 7) is 8.22. The molecule has 6 nitrogen and oxygen atoms in total. The van der Waals surface area contributed by atoms with Crippen molar-refractivity contribution in [3.8, 4) is 5.75 Å². The summed E-state index contributed by atoms with van der Waals surface area (Å²) in [5.41, 5.74) is 2.25. The Morgan fingerprint density at radius 3 is 2.54 bits per heavy atom. The predicted octanol–water partition coefficient (Wildman–Crippen LogP) is 2.46. The number of nitrogens with zero attached hydrogens (tertiary/aromatic N) is 3. The van der Waals surface area contributed by atoms with Crippen LogP contribution in [0.2, 0.25) is 0 Å². The molecule has 0 aliphatic rings. The molecule has 130 valence electrons. The topological polar surface area (TPSA) is 63.5 Å². The van der Waals surface area contributed by atoms with Gasteiger partial charge in [0, 0.05) is 19.8 Å². The fraction of sp³-hybridized carbons (Fsp3) is 0.444. The molecule has 0 bridgehead atoms. The van der Waals surface area contributed by atoms with E-state index >= 15 is 0 Å². The number of hydrogen-bond acceptors (Lipinski definition) is 3. The highest BCUT2D eigenvalue weighted by atomic mass is 16.5. The molecule has 0 fully saturated rings. The van der Waals surface area contributed by atoms with E-state index in [9.17, 15) is 0 Å². The van der Waals surface area contributed by atoms with Crippen LogP contribution in [-0.2, 0) is 20.1 Å². The number of benzene rings is 1. The number of aromatic nitrogens is 2. The molecular formula is C18H27N5O. The van der Waals surface area contributed by atoms with Crippen molar-refractivity contribution in [1.82, 2.24) is 20.4 Å². The molecule has 0 unspecified atom stereocenters. The lowest BCUT2D eigenvalue weighted by Gasteiger charge is -2.12. The fourth-order valence-corrected chi connectivity index (χ4v) is 2.21. The van der Waals surface area contributed by atoms with Crippen LogP contribution < -0.4 is 15.4 Å². The van der Waals surface area contributed by atoms with Crippen LogP contribution in [0.15, 0.2) is 41.5 Å². The second-order valence-corrected chi connectivity index (χ2v) is 5.81. The van der Waals surface area contributed by atoms with E-state index in [1.54, 1.807) is 6.20 Å². The Kier molecular flexibility index (Phi) is 6.66. The number of rotatable bonds is 7. The highest BCUT2D eigenvalue weighted by Gasteiger charge is 2.02. The zero-order valence-electron chi connectivity index (χ0n) is 14.9. The molecule has 0 aliphatic carbocycles. The van der Waals surface area contributed by atoms with E-state index in [1.807, 2.05) is 55.9 Å². The lowest BCUT2D eigenvalue weighted by Crippen LogP contribution is -2.37. The van der Waals surface area contributed by atoms with Crippen LogP contribution in [0, 0.1) is 0 Å². The third-order valence-corrected chi connectivity index (χ3v) is 3.42. The number of guanidine groups is 1. The standard InChI is InChI=1S/C18H27N5O/c1-5-19-18(21-13-16-10-11-22-23(16)4)20-12-15-6-8-17(9-7-15)24-14(2)3/h6-11,14H,5,12-13H2,1-4H3,(H2,19,20,21). The van der Waals surface area contributed by atoms with E-state index in [4.69, 9.17) is 4.74 Å². The minimum atomic E-state index is 0.186. The Morgan fingerprint density at radius 1 is 1.21 bits per heavy atom. The van der Waals surface area contributed by atoms with Crippen molar-refractivity contribution < 1.29 is 4.74 Å². The van der Waals surface area contributed by atoms with Gasteiger partial charge in [0.05, 0.1) is 24.9 Å². The third kappa shape index (κ3) is 5.61. The fourth-order valence-electron chi connectivity index (χ4n) is 2.21. The first kappa shape index (κ1) is 17.8. The molecule has 1 heterocycles. The van der Waals surface area contributed by atoms with E-state index in [2.05, 4.69) is 27.6 Å². The molecule has 0 saturated carbocycles. The molecule has 6 heteroatoms. The van der Waals surface area contributed by atoms with Gasteiger partial charge in [-0.05, 0) is 44.5 Å². The summed E-state index contributed by atoms with van der Waals surface area (Å²) in [4.78, 5) is 4.63. The first-order valence-electron chi connectivity index (χ1n) is 8.33. The zero-order valence-corrected chi connectivity index (χ0v) is 14.9. The van der Waals surface area contributed by atoms with Crippen LogP contribution in [0.25, 0.3) is 0 Å². The Labute approximate surface area is 143 Å². The van der Waals surface area contributed by atoms with Crippen molar-refractivity contribution in [3.05, 3.63) is 47.8 Å². The monoisotopic (exact) mass is 329 g/mol. The van der Waals surface area contributed by atoms with Gasteiger partial charge >= 0.3 is 0 Å². The van der Waals surface area contributed by atoms with Crippen LogP contribution in [0.3, 0.4) is 0 Å². The molecule has 24 heavy (non-hydrogen) atoms. The second kappa shape index (κ2) is 8.96. The lowest BCUT2D eigenvalue weighted by molar-refractivity contribution is 0.242. The van der Waals surface area contributed by atoms with Gasteiger partial charge in [0.15, 0.2) is 5.96 Å². The van der Waals surface area contributed by atoms with Gasteiger partial charge in [-0.25, -0.2) is 4.99 Å². The van der Waals surface area contributed by atoms with Crippen molar-refractivity contribution in [2.24, 2.45) is 12.0 Å². The zero-order chi connectivity index (χ0) is 17.4. The van der Waals surface area contributed by atoms with Crippen molar-refractivity contribution in [3.63, 3.8) is 0 Å². The summed E-state index contributed by atoms with van der Waals surface area (Å²) >= 11 is 0. The molecule has 0 spiro atoms. The van der Waals surface area contributed by atoms with Gasteiger partial charge in [-0.15, -0.1) is 0 Å². The molecule has 0 saturated heterocycles.